The molecular formula is C12H12N2O3. The molecule has 17 heavy (non-hydrogen) atoms. The summed E-state index contributed by atoms with van der Waals surface area (Å²) >= 11 is 0. The number of hydrogen-bond donors (Lipinski definition) is 1. The summed E-state index contributed by atoms with van der Waals surface area (Å²) in [5.41, 5.74) is 0.589. The summed E-state index contributed by atoms with van der Waals surface area (Å²) < 4.78 is 0. The highest BCUT2D eigenvalue weighted by molar-refractivity contribution is 6.21. The van der Waals surface area contributed by atoms with E-state index in [4.69, 9.17) is 0 Å². The van der Waals surface area contributed by atoms with Crippen LogP contribution in [0.4, 0.5) is 10.5 Å². The number of aliphatic hydroxyl groups excluding tert-OH is 1. The lowest BCUT2D eigenvalue weighted by Gasteiger charge is -2.16. The number of urea groups is 1. The summed E-state index contributed by atoms with van der Waals surface area (Å²) in [6, 6.07) is 8.05. The Kier molecular flexibility index (Phi) is 2.16. The van der Waals surface area contributed by atoms with Gasteiger partial charge in [-0.1, -0.05) is 18.2 Å². The minimum Gasteiger partial charge on any atom is -0.391 e. The third-order valence-corrected chi connectivity index (χ3v) is 3.24. The number of carbonyl (C=O) groups is 2. The van der Waals surface area contributed by atoms with Crippen molar-refractivity contribution >= 4 is 17.6 Å². The Balaban J connectivity index is 1.95. The van der Waals surface area contributed by atoms with Crippen LogP contribution in [0.3, 0.4) is 0 Å². The molecule has 0 aliphatic carbocycles. The van der Waals surface area contributed by atoms with Crippen molar-refractivity contribution in [3.63, 3.8) is 0 Å². The number of anilines is 1. The van der Waals surface area contributed by atoms with Crippen LogP contribution in [0, 0.1) is 0 Å². The number of aliphatic hydroxyl groups is 1. The van der Waals surface area contributed by atoms with Gasteiger partial charge in [-0.3, -0.25) is 4.79 Å². The third kappa shape index (κ3) is 1.43. The van der Waals surface area contributed by atoms with Gasteiger partial charge < -0.3 is 10.0 Å². The molecule has 1 aromatic rings. The zero-order valence-electron chi connectivity index (χ0n) is 9.11. The standard InChI is InChI=1S/C12H12N2O3/c15-9-6-10-11(16)14(12(17)13(10)7-9)8-4-2-1-3-5-8/h1-5,9-10,15H,6-7H2/t9-,10-/m0/s1. The van der Waals surface area contributed by atoms with Gasteiger partial charge in [-0.2, -0.15) is 0 Å². The largest absolute Gasteiger partial charge is 0.391 e. The Hall–Kier alpha value is -1.88. The van der Waals surface area contributed by atoms with Gasteiger partial charge in [0.15, 0.2) is 0 Å². The van der Waals surface area contributed by atoms with Crippen molar-refractivity contribution in [2.24, 2.45) is 0 Å². The zero-order valence-corrected chi connectivity index (χ0v) is 9.11. The second-order valence-electron chi connectivity index (χ2n) is 4.35. The fourth-order valence-corrected chi connectivity index (χ4v) is 2.45. The minimum absolute atomic E-state index is 0.238. The van der Waals surface area contributed by atoms with Crippen LogP contribution < -0.4 is 4.90 Å². The molecule has 88 valence electrons. The van der Waals surface area contributed by atoms with E-state index < -0.39 is 12.1 Å². The van der Waals surface area contributed by atoms with E-state index in [0.29, 0.717) is 12.1 Å². The molecule has 2 aliphatic rings. The molecule has 0 bridgehead atoms. The van der Waals surface area contributed by atoms with Gasteiger partial charge in [0, 0.05) is 13.0 Å². The number of para-hydroxylation sites is 1. The first-order chi connectivity index (χ1) is 8.18. The number of fused-ring (bicyclic) bond motifs is 1. The molecule has 2 fully saturated rings. The van der Waals surface area contributed by atoms with E-state index in [9.17, 15) is 14.7 Å². The van der Waals surface area contributed by atoms with E-state index in [0.717, 1.165) is 0 Å². The molecule has 1 N–H and O–H groups in total. The summed E-state index contributed by atoms with van der Waals surface area (Å²) in [5.74, 6) is -0.238. The maximum Gasteiger partial charge on any atom is 0.332 e. The molecule has 1 aromatic carbocycles. The number of hydrogen-bond acceptors (Lipinski definition) is 3. The molecule has 5 nitrogen and oxygen atoms in total. The maximum atomic E-state index is 12.1. The van der Waals surface area contributed by atoms with Gasteiger partial charge >= 0.3 is 6.03 Å². The van der Waals surface area contributed by atoms with Crippen LogP contribution in [0.15, 0.2) is 30.3 Å². The van der Waals surface area contributed by atoms with E-state index >= 15 is 0 Å². The highest BCUT2D eigenvalue weighted by Crippen LogP contribution is 2.31. The maximum absolute atomic E-state index is 12.1. The van der Waals surface area contributed by atoms with Crippen molar-refractivity contribution in [3.05, 3.63) is 30.3 Å². The molecule has 2 saturated heterocycles. The number of carbonyl (C=O) groups excluding carboxylic acids is 2. The molecule has 0 spiro atoms. The molecule has 5 heteroatoms. The summed E-state index contributed by atoms with van der Waals surface area (Å²) in [4.78, 5) is 26.8. The topological polar surface area (TPSA) is 60.9 Å². The lowest BCUT2D eigenvalue weighted by Crippen LogP contribution is -2.34. The van der Waals surface area contributed by atoms with Crippen molar-refractivity contribution in [3.8, 4) is 0 Å². The first kappa shape index (κ1) is 10.3. The summed E-state index contributed by atoms with van der Waals surface area (Å²) in [6.45, 7) is 0.249. The molecule has 3 rings (SSSR count). The van der Waals surface area contributed by atoms with Crippen LogP contribution in [-0.2, 0) is 4.79 Å². The molecule has 0 unspecified atom stereocenters. The van der Waals surface area contributed by atoms with Crippen molar-refractivity contribution in [2.45, 2.75) is 18.6 Å². The number of nitrogens with zero attached hydrogens (tertiary/aromatic N) is 2. The zero-order chi connectivity index (χ0) is 12.0. The van der Waals surface area contributed by atoms with E-state index in [1.807, 2.05) is 6.07 Å². The van der Waals surface area contributed by atoms with Crippen molar-refractivity contribution in [1.29, 1.82) is 0 Å². The third-order valence-electron chi connectivity index (χ3n) is 3.24. The van der Waals surface area contributed by atoms with Crippen LogP contribution >= 0.6 is 0 Å². The second-order valence-corrected chi connectivity index (χ2v) is 4.35. The van der Waals surface area contributed by atoms with Gasteiger partial charge in [0.05, 0.1) is 11.8 Å². The fraction of sp³-hybridized carbons (Fsp3) is 0.333. The predicted molar refractivity (Wildman–Crippen MR) is 60.4 cm³/mol. The predicted octanol–water partition coefficient (Wildman–Crippen LogP) is 0.588. The molecule has 2 heterocycles. The van der Waals surface area contributed by atoms with Gasteiger partial charge in [-0.15, -0.1) is 0 Å². The normalized spacial score (nSPS) is 27.8. The number of imide groups is 1. The molecule has 0 radical (unpaired) electrons. The van der Waals surface area contributed by atoms with Crippen LogP contribution in [0.25, 0.3) is 0 Å². The van der Waals surface area contributed by atoms with Gasteiger partial charge in [0.25, 0.3) is 5.91 Å². The van der Waals surface area contributed by atoms with Gasteiger partial charge in [0.2, 0.25) is 0 Å². The highest BCUT2D eigenvalue weighted by Gasteiger charge is 2.50. The Morgan fingerprint density at radius 2 is 1.88 bits per heavy atom. The van der Waals surface area contributed by atoms with E-state index in [1.54, 1.807) is 24.3 Å². The number of amides is 3. The molecule has 0 saturated carbocycles. The van der Waals surface area contributed by atoms with Crippen LogP contribution in [0.2, 0.25) is 0 Å². The van der Waals surface area contributed by atoms with Crippen LogP contribution in [0.1, 0.15) is 6.42 Å². The summed E-state index contributed by atoms with van der Waals surface area (Å²) in [7, 11) is 0. The number of benzene rings is 1. The van der Waals surface area contributed by atoms with E-state index in [-0.39, 0.29) is 18.5 Å². The van der Waals surface area contributed by atoms with Crippen molar-refractivity contribution in [1.82, 2.24) is 4.90 Å². The average molecular weight is 232 g/mol. The Morgan fingerprint density at radius 1 is 1.18 bits per heavy atom. The van der Waals surface area contributed by atoms with Gasteiger partial charge in [-0.05, 0) is 12.1 Å². The van der Waals surface area contributed by atoms with E-state index in [2.05, 4.69) is 0 Å². The lowest BCUT2D eigenvalue weighted by molar-refractivity contribution is -0.119. The summed E-state index contributed by atoms with van der Waals surface area (Å²) in [6.07, 6.45) is -0.237. The SMILES string of the molecule is O=C1[C@@H]2C[C@H](O)CN2C(=O)N1c1ccccc1. The molecule has 2 atom stereocenters. The Bertz CT molecular complexity index is 450. The van der Waals surface area contributed by atoms with E-state index in [1.165, 1.54) is 9.80 Å². The lowest BCUT2D eigenvalue weighted by atomic mass is 10.2. The molecule has 3 amide bonds. The first-order valence-corrected chi connectivity index (χ1v) is 5.56. The average Bonchev–Trinajstić information content (AvgIpc) is 2.81. The first-order valence-electron chi connectivity index (χ1n) is 5.56. The Labute approximate surface area is 98.2 Å². The summed E-state index contributed by atoms with van der Waals surface area (Å²) in [5, 5.41) is 9.46. The minimum atomic E-state index is -0.578. The van der Waals surface area contributed by atoms with Crippen LogP contribution in [0.5, 0.6) is 0 Å². The van der Waals surface area contributed by atoms with Crippen molar-refractivity contribution < 1.29 is 14.7 Å². The van der Waals surface area contributed by atoms with Crippen molar-refractivity contribution in [2.75, 3.05) is 11.4 Å². The smallest absolute Gasteiger partial charge is 0.332 e. The molecule has 2 aliphatic heterocycles. The Morgan fingerprint density at radius 3 is 2.53 bits per heavy atom. The second kappa shape index (κ2) is 3.56. The molecular weight excluding hydrogens is 220 g/mol. The van der Waals surface area contributed by atoms with Gasteiger partial charge in [-0.25, -0.2) is 9.69 Å². The quantitative estimate of drug-likeness (QED) is 0.721. The van der Waals surface area contributed by atoms with Crippen LogP contribution in [-0.4, -0.2) is 40.6 Å². The number of rotatable bonds is 1. The fourth-order valence-electron chi connectivity index (χ4n) is 2.45. The monoisotopic (exact) mass is 232 g/mol. The van der Waals surface area contributed by atoms with Gasteiger partial charge in [0.1, 0.15) is 6.04 Å². The highest BCUT2D eigenvalue weighted by atomic mass is 16.3. The molecule has 0 aromatic heterocycles.